The first kappa shape index (κ1) is 11.5. The molecule has 0 saturated carbocycles. The maximum atomic E-state index is 11.7. The van der Waals surface area contributed by atoms with Crippen LogP contribution in [-0.4, -0.2) is 14.5 Å². The van der Waals surface area contributed by atoms with Crippen LogP contribution in [0.15, 0.2) is 35.8 Å². The van der Waals surface area contributed by atoms with Gasteiger partial charge in [0, 0.05) is 18.6 Å². The highest BCUT2D eigenvalue weighted by Crippen LogP contribution is 2.13. The van der Waals surface area contributed by atoms with Crippen LogP contribution < -0.4 is 5.56 Å². The van der Waals surface area contributed by atoms with Crippen LogP contribution >= 0.6 is 34.2 Å². The van der Waals surface area contributed by atoms with E-state index in [2.05, 4.69) is 9.97 Å². The SMILES string of the molecule is O=c1c(I)cncn1Cc1ccncc1Cl. The van der Waals surface area contributed by atoms with E-state index in [4.69, 9.17) is 11.6 Å². The van der Waals surface area contributed by atoms with Crippen molar-refractivity contribution in [1.29, 1.82) is 0 Å². The molecule has 0 radical (unpaired) electrons. The van der Waals surface area contributed by atoms with Gasteiger partial charge in [0.15, 0.2) is 0 Å². The molecule has 0 aliphatic rings. The summed E-state index contributed by atoms with van der Waals surface area (Å²) in [6.45, 7) is 0.407. The molecule has 0 N–H and O–H groups in total. The third kappa shape index (κ3) is 2.41. The molecule has 16 heavy (non-hydrogen) atoms. The maximum Gasteiger partial charge on any atom is 0.267 e. The molecule has 6 heteroatoms. The number of rotatable bonds is 2. The summed E-state index contributed by atoms with van der Waals surface area (Å²) >= 11 is 7.93. The molecule has 82 valence electrons. The Labute approximate surface area is 110 Å². The lowest BCUT2D eigenvalue weighted by molar-refractivity contribution is 0.729. The van der Waals surface area contributed by atoms with E-state index >= 15 is 0 Å². The van der Waals surface area contributed by atoms with Gasteiger partial charge in [-0.1, -0.05) is 11.6 Å². The van der Waals surface area contributed by atoms with E-state index in [1.807, 2.05) is 22.6 Å². The topological polar surface area (TPSA) is 47.8 Å². The van der Waals surface area contributed by atoms with Crippen LogP contribution in [0.25, 0.3) is 0 Å². The normalized spacial score (nSPS) is 10.4. The van der Waals surface area contributed by atoms with E-state index < -0.39 is 0 Å². The summed E-state index contributed by atoms with van der Waals surface area (Å²) in [6.07, 6.45) is 6.24. The van der Waals surface area contributed by atoms with E-state index in [0.29, 0.717) is 15.1 Å². The summed E-state index contributed by atoms with van der Waals surface area (Å²) in [5.74, 6) is 0. The van der Waals surface area contributed by atoms with Crippen molar-refractivity contribution in [3.63, 3.8) is 0 Å². The van der Waals surface area contributed by atoms with E-state index in [-0.39, 0.29) is 5.56 Å². The second-order valence-corrected chi connectivity index (χ2v) is 4.71. The number of hydrogen-bond donors (Lipinski definition) is 0. The van der Waals surface area contributed by atoms with Gasteiger partial charge in [-0.25, -0.2) is 4.98 Å². The molecule has 2 aromatic rings. The van der Waals surface area contributed by atoms with Gasteiger partial charge in [-0.3, -0.25) is 14.3 Å². The highest BCUT2D eigenvalue weighted by atomic mass is 127. The summed E-state index contributed by atoms with van der Waals surface area (Å²) in [5, 5.41) is 0.549. The monoisotopic (exact) mass is 347 g/mol. The fourth-order valence-corrected chi connectivity index (χ4v) is 1.90. The Bertz CT molecular complexity index is 570. The first-order valence-corrected chi connectivity index (χ1v) is 5.92. The summed E-state index contributed by atoms with van der Waals surface area (Å²) in [6, 6.07) is 1.79. The summed E-state index contributed by atoms with van der Waals surface area (Å²) in [7, 11) is 0. The van der Waals surface area contributed by atoms with Gasteiger partial charge in [0.05, 0.1) is 21.5 Å². The first-order valence-electron chi connectivity index (χ1n) is 4.47. The lowest BCUT2D eigenvalue weighted by Crippen LogP contribution is -2.23. The first-order chi connectivity index (χ1) is 7.68. The van der Waals surface area contributed by atoms with Gasteiger partial charge >= 0.3 is 0 Å². The average molecular weight is 348 g/mol. The quantitative estimate of drug-likeness (QED) is 0.780. The minimum atomic E-state index is -0.0662. The summed E-state index contributed by atoms with van der Waals surface area (Å²) < 4.78 is 2.11. The maximum absolute atomic E-state index is 11.7. The van der Waals surface area contributed by atoms with Gasteiger partial charge in [0.2, 0.25) is 0 Å². The molecule has 4 nitrogen and oxygen atoms in total. The predicted octanol–water partition coefficient (Wildman–Crippen LogP) is 1.94. The van der Waals surface area contributed by atoms with Crippen LogP contribution in [0, 0.1) is 3.57 Å². The third-order valence-electron chi connectivity index (χ3n) is 2.06. The van der Waals surface area contributed by atoms with Crippen LogP contribution in [0.2, 0.25) is 5.02 Å². The molecule has 2 heterocycles. The van der Waals surface area contributed by atoms with Crippen LogP contribution in [-0.2, 0) is 6.54 Å². The molecule has 0 aliphatic carbocycles. The van der Waals surface area contributed by atoms with Crippen molar-refractivity contribution in [1.82, 2.24) is 14.5 Å². The standard InChI is InChI=1S/C10H7ClIN3O/c11-8-3-13-2-1-7(8)5-15-6-14-4-9(12)10(15)16/h1-4,6H,5H2. The number of aromatic nitrogens is 3. The molecular weight excluding hydrogens is 340 g/mol. The molecule has 2 rings (SSSR count). The Balaban J connectivity index is 2.39. The highest BCUT2D eigenvalue weighted by molar-refractivity contribution is 14.1. The van der Waals surface area contributed by atoms with Gasteiger partial charge in [0.1, 0.15) is 0 Å². The summed E-state index contributed by atoms with van der Waals surface area (Å²) in [5.41, 5.74) is 0.783. The summed E-state index contributed by atoms with van der Waals surface area (Å²) in [4.78, 5) is 19.6. The van der Waals surface area contributed by atoms with Crippen molar-refractivity contribution in [2.75, 3.05) is 0 Å². The minimum Gasteiger partial charge on any atom is -0.294 e. The Kier molecular flexibility index (Phi) is 3.55. The molecule has 0 fully saturated rings. The molecule has 0 aromatic carbocycles. The fourth-order valence-electron chi connectivity index (χ4n) is 1.25. The Hall–Kier alpha value is -0.950. The van der Waals surface area contributed by atoms with Crippen molar-refractivity contribution in [3.05, 3.63) is 55.5 Å². The van der Waals surface area contributed by atoms with Crippen LogP contribution in [0.5, 0.6) is 0 Å². The van der Waals surface area contributed by atoms with Crippen molar-refractivity contribution in [3.8, 4) is 0 Å². The van der Waals surface area contributed by atoms with E-state index in [1.165, 1.54) is 17.1 Å². The molecule has 0 aliphatic heterocycles. The van der Waals surface area contributed by atoms with Crippen molar-refractivity contribution >= 4 is 34.2 Å². The van der Waals surface area contributed by atoms with Crippen LogP contribution in [0.3, 0.4) is 0 Å². The zero-order valence-electron chi connectivity index (χ0n) is 8.10. The fraction of sp³-hybridized carbons (Fsp3) is 0.100. The van der Waals surface area contributed by atoms with Crippen LogP contribution in [0.4, 0.5) is 0 Å². The molecule has 0 atom stereocenters. The molecule has 0 saturated heterocycles. The zero-order valence-corrected chi connectivity index (χ0v) is 11.0. The Morgan fingerprint density at radius 3 is 2.94 bits per heavy atom. The average Bonchev–Trinajstić information content (AvgIpc) is 2.28. The van der Waals surface area contributed by atoms with E-state index in [0.717, 1.165) is 5.56 Å². The van der Waals surface area contributed by atoms with Crippen molar-refractivity contribution in [2.24, 2.45) is 0 Å². The van der Waals surface area contributed by atoms with E-state index in [1.54, 1.807) is 18.5 Å². The van der Waals surface area contributed by atoms with Gasteiger partial charge in [-0.05, 0) is 34.2 Å². The Morgan fingerprint density at radius 2 is 2.19 bits per heavy atom. The highest BCUT2D eigenvalue weighted by Gasteiger charge is 2.04. The number of hydrogen-bond acceptors (Lipinski definition) is 3. The lowest BCUT2D eigenvalue weighted by Gasteiger charge is -2.06. The Morgan fingerprint density at radius 1 is 1.38 bits per heavy atom. The number of halogens is 2. The molecule has 2 aromatic heterocycles. The molecule has 0 spiro atoms. The van der Waals surface area contributed by atoms with Gasteiger partial charge in [0.25, 0.3) is 5.56 Å². The predicted molar refractivity (Wildman–Crippen MR) is 69.6 cm³/mol. The van der Waals surface area contributed by atoms with Crippen LogP contribution in [0.1, 0.15) is 5.56 Å². The molecular formula is C10H7ClIN3O. The van der Waals surface area contributed by atoms with Crippen molar-refractivity contribution in [2.45, 2.75) is 6.54 Å². The largest absolute Gasteiger partial charge is 0.294 e. The second kappa shape index (κ2) is 4.92. The van der Waals surface area contributed by atoms with Gasteiger partial charge < -0.3 is 0 Å². The molecule has 0 amide bonds. The number of pyridine rings is 1. The second-order valence-electron chi connectivity index (χ2n) is 3.14. The smallest absolute Gasteiger partial charge is 0.267 e. The molecule has 0 unspecified atom stereocenters. The van der Waals surface area contributed by atoms with E-state index in [9.17, 15) is 4.79 Å². The minimum absolute atomic E-state index is 0.0662. The lowest BCUT2D eigenvalue weighted by atomic mass is 10.2. The third-order valence-corrected chi connectivity index (χ3v) is 3.14. The number of nitrogens with zero attached hydrogens (tertiary/aromatic N) is 3. The van der Waals surface area contributed by atoms with Crippen molar-refractivity contribution < 1.29 is 0 Å². The van der Waals surface area contributed by atoms with Gasteiger partial charge in [-0.15, -0.1) is 0 Å². The molecule has 0 bridgehead atoms. The van der Waals surface area contributed by atoms with Gasteiger partial charge in [-0.2, -0.15) is 0 Å². The zero-order chi connectivity index (χ0) is 11.5.